The van der Waals surface area contributed by atoms with E-state index in [9.17, 15) is 13.2 Å². The molecule has 0 bridgehead atoms. The zero-order chi connectivity index (χ0) is 21.9. The monoisotopic (exact) mass is 463 g/mol. The first-order valence-corrected chi connectivity index (χ1v) is 12.7. The summed E-state index contributed by atoms with van der Waals surface area (Å²) >= 11 is 3.16. The molecule has 30 heavy (non-hydrogen) atoms. The Hall–Kier alpha value is -2.07. The predicted molar refractivity (Wildman–Crippen MR) is 122 cm³/mol. The molecule has 2 N–H and O–H groups in total. The molecule has 3 rings (SSSR count). The molecule has 1 unspecified atom stereocenters. The van der Waals surface area contributed by atoms with Crippen molar-refractivity contribution < 1.29 is 13.2 Å². The standard InChI is InChI=1S/C21H25N3O3S3/c1-13(2)20(24-30(26,27)17-8-5-14(3)6-9-17)21(25)22-11-16-7-10-19(29-16)18-12-28-15(4)23-18/h5-10,12-13,20,24H,11H2,1-4H3,(H,22,25). The van der Waals surface area contributed by atoms with Gasteiger partial charge in [-0.15, -0.1) is 22.7 Å². The average Bonchev–Trinajstić information content (AvgIpc) is 3.33. The number of amides is 1. The number of aryl methyl sites for hydroxylation is 2. The third kappa shape index (κ3) is 5.54. The van der Waals surface area contributed by atoms with E-state index in [4.69, 9.17) is 0 Å². The second-order valence-electron chi connectivity index (χ2n) is 7.39. The van der Waals surface area contributed by atoms with E-state index in [1.165, 1.54) is 0 Å². The highest BCUT2D eigenvalue weighted by atomic mass is 32.2. The summed E-state index contributed by atoms with van der Waals surface area (Å²) < 4.78 is 28.0. The normalized spacial score (nSPS) is 12.8. The Morgan fingerprint density at radius 2 is 1.80 bits per heavy atom. The number of carbonyl (C=O) groups excluding carboxylic acids is 1. The van der Waals surface area contributed by atoms with Crippen LogP contribution in [0.2, 0.25) is 0 Å². The summed E-state index contributed by atoms with van der Waals surface area (Å²) in [6.45, 7) is 7.82. The van der Waals surface area contributed by atoms with Crippen molar-refractivity contribution in [3.8, 4) is 10.6 Å². The Bertz CT molecular complexity index is 1120. The molecule has 1 atom stereocenters. The van der Waals surface area contributed by atoms with Crippen LogP contribution in [0.25, 0.3) is 10.6 Å². The number of thiophene rings is 1. The first-order chi connectivity index (χ1) is 14.2. The molecule has 0 radical (unpaired) electrons. The number of benzene rings is 1. The minimum Gasteiger partial charge on any atom is -0.350 e. The third-order valence-corrected chi connectivity index (χ3v) is 7.87. The largest absolute Gasteiger partial charge is 0.350 e. The number of hydrogen-bond donors (Lipinski definition) is 2. The van der Waals surface area contributed by atoms with Crippen molar-refractivity contribution in [1.29, 1.82) is 0 Å². The third-order valence-electron chi connectivity index (χ3n) is 4.53. The van der Waals surface area contributed by atoms with E-state index in [0.717, 1.165) is 26.0 Å². The molecule has 1 aromatic carbocycles. The number of hydrogen-bond acceptors (Lipinski definition) is 6. The fraction of sp³-hybridized carbons (Fsp3) is 0.333. The Morgan fingerprint density at radius 3 is 2.40 bits per heavy atom. The maximum Gasteiger partial charge on any atom is 0.241 e. The van der Waals surface area contributed by atoms with Crippen molar-refractivity contribution in [3.05, 3.63) is 57.2 Å². The molecule has 0 spiro atoms. The van der Waals surface area contributed by atoms with Crippen molar-refractivity contribution in [3.63, 3.8) is 0 Å². The Morgan fingerprint density at radius 1 is 1.10 bits per heavy atom. The van der Waals surface area contributed by atoms with Gasteiger partial charge in [0.05, 0.1) is 27.0 Å². The van der Waals surface area contributed by atoms with Crippen LogP contribution in [0.1, 0.15) is 29.3 Å². The summed E-state index contributed by atoms with van der Waals surface area (Å²) in [5, 5.41) is 5.88. The second kappa shape index (κ2) is 9.38. The molecule has 0 saturated heterocycles. The predicted octanol–water partition coefficient (Wildman–Crippen LogP) is 4.11. The Labute approximate surface area is 185 Å². The summed E-state index contributed by atoms with van der Waals surface area (Å²) in [4.78, 5) is 19.4. The molecule has 0 aliphatic rings. The van der Waals surface area contributed by atoms with Crippen LogP contribution in [0, 0.1) is 19.8 Å². The maximum absolute atomic E-state index is 12.8. The minimum absolute atomic E-state index is 0.146. The molecule has 0 aliphatic heterocycles. The van der Waals surface area contributed by atoms with Gasteiger partial charge in [0, 0.05) is 10.3 Å². The molecule has 0 aliphatic carbocycles. The van der Waals surface area contributed by atoms with Crippen molar-refractivity contribution >= 4 is 38.6 Å². The molecule has 0 fully saturated rings. The van der Waals surface area contributed by atoms with Crippen LogP contribution in [0.3, 0.4) is 0 Å². The lowest BCUT2D eigenvalue weighted by atomic mass is 10.1. The van der Waals surface area contributed by atoms with E-state index < -0.39 is 16.1 Å². The maximum atomic E-state index is 12.8. The molecule has 9 heteroatoms. The molecular weight excluding hydrogens is 438 g/mol. The Kier molecular flexibility index (Phi) is 7.07. The highest BCUT2D eigenvalue weighted by Crippen LogP contribution is 2.29. The van der Waals surface area contributed by atoms with E-state index in [0.29, 0.717) is 6.54 Å². The minimum atomic E-state index is -3.79. The van der Waals surface area contributed by atoms with Crippen molar-refractivity contribution in [1.82, 2.24) is 15.0 Å². The van der Waals surface area contributed by atoms with E-state index in [2.05, 4.69) is 15.0 Å². The molecule has 160 valence electrons. The number of aromatic nitrogens is 1. The number of thiazole rings is 1. The summed E-state index contributed by atoms with van der Waals surface area (Å²) in [5.74, 6) is -0.553. The summed E-state index contributed by atoms with van der Waals surface area (Å²) in [5.41, 5.74) is 1.90. The van der Waals surface area contributed by atoms with Gasteiger partial charge < -0.3 is 5.32 Å². The van der Waals surface area contributed by atoms with Crippen LogP contribution in [0.4, 0.5) is 0 Å². The fourth-order valence-electron chi connectivity index (χ4n) is 2.82. The van der Waals surface area contributed by atoms with Crippen LogP contribution in [0.15, 0.2) is 46.7 Å². The second-order valence-corrected chi connectivity index (χ2v) is 11.3. The first-order valence-electron chi connectivity index (χ1n) is 9.53. The molecular formula is C21H25N3O3S3. The molecule has 1 amide bonds. The van der Waals surface area contributed by atoms with Gasteiger partial charge >= 0.3 is 0 Å². The molecule has 3 aromatic rings. The summed E-state index contributed by atoms with van der Waals surface area (Å²) in [6.07, 6.45) is 0. The molecule has 2 aromatic heterocycles. The zero-order valence-electron chi connectivity index (χ0n) is 17.3. The van der Waals surface area contributed by atoms with E-state index >= 15 is 0 Å². The van der Waals surface area contributed by atoms with Gasteiger partial charge in [0.1, 0.15) is 6.04 Å². The van der Waals surface area contributed by atoms with E-state index in [1.807, 2.05) is 45.2 Å². The highest BCUT2D eigenvalue weighted by Gasteiger charge is 2.28. The smallest absolute Gasteiger partial charge is 0.241 e. The zero-order valence-corrected chi connectivity index (χ0v) is 19.7. The van der Waals surface area contributed by atoms with Crippen LogP contribution < -0.4 is 10.0 Å². The quantitative estimate of drug-likeness (QED) is 0.526. The van der Waals surface area contributed by atoms with Crippen LogP contribution in [0.5, 0.6) is 0 Å². The molecule has 0 saturated carbocycles. The lowest BCUT2D eigenvalue weighted by Gasteiger charge is -2.21. The average molecular weight is 464 g/mol. The SMILES string of the molecule is Cc1ccc(S(=O)(=O)NC(C(=O)NCc2ccc(-c3csc(C)n3)s2)C(C)C)cc1. The van der Waals surface area contributed by atoms with E-state index in [-0.39, 0.29) is 16.7 Å². The summed E-state index contributed by atoms with van der Waals surface area (Å²) in [7, 11) is -3.79. The van der Waals surface area contributed by atoms with Gasteiger partial charge in [0.25, 0.3) is 0 Å². The van der Waals surface area contributed by atoms with Gasteiger partial charge in [0.15, 0.2) is 0 Å². The van der Waals surface area contributed by atoms with Crippen molar-refractivity contribution in [2.75, 3.05) is 0 Å². The van der Waals surface area contributed by atoms with Crippen molar-refractivity contribution in [2.45, 2.75) is 45.2 Å². The molecule has 6 nitrogen and oxygen atoms in total. The number of nitrogens with zero attached hydrogens (tertiary/aromatic N) is 1. The molecule has 2 heterocycles. The fourth-order valence-corrected chi connectivity index (χ4v) is 5.76. The highest BCUT2D eigenvalue weighted by molar-refractivity contribution is 7.89. The lowest BCUT2D eigenvalue weighted by molar-refractivity contribution is -0.123. The first kappa shape index (κ1) is 22.6. The van der Waals surface area contributed by atoms with Gasteiger partial charge in [-0.3, -0.25) is 4.79 Å². The van der Waals surface area contributed by atoms with Crippen LogP contribution in [-0.4, -0.2) is 25.4 Å². The van der Waals surface area contributed by atoms with Gasteiger partial charge in [0.2, 0.25) is 15.9 Å². The number of carbonyl (C=O) groups is 1. The topological polar surface area (TPSA) is 88.2 Å². The Balaban J connectivity index is 1.66. The van der Waals surface area contributed by atoms with Gasteiger partial charge in [-0.25, -0.2) is 13.4 Å². The van der Waals surface area contributed by atoms with Gasteiger partial charge in [-0.05, 0) is 44.0 Å². The van der Waals surface area contributed by atoms with Crippen molar-refractivity contribution in [2.24, 2.45) is 5.92 Å². The summed E-state index contributed by atoms with van der Waals surface area (Å²) in [6, 6.07) is 9.63. The van der Waals surface area contributed by atoms with Gasteiger partial charge in [-0.1, -0.05) is 31.5 Å². The number of rotatable bonds is 8. The number of nitrogens with one attached hydrogen (secondary N) is 2. The van der Waals surface area contributed by atoms with Gasteiger partial charge in [-0.2, -0.15) is 4.72 Å². The lowest BCUT2D eigenvalue weighted by Crippen LogP contribution is -2.49. The number of sulfonamides is 1. The van der Waals surface area contributed by atoms with Crippen LogP contribution in [-0.2, 0) is 21.4 Å². The van der Waals surface area contributed by atoms with E-state index in [1.54, 1.807) is 46.9 Å². The van der Waals surface area contributed by atoms with Crippen LogP contribution >= 0.6 is 22.7 Å².